The van der Waals surface area contributed by atoms with Crippen LogP contribution < -0.4 is 5.56 Å². The van der Waals surface area contributed by atoms with Crippen LogP contribution in [0.2, 0.25) is 0 Å². The van der Waals surface area contributed by atoms with Crippen molar-refractivity contribution in [1.29, 1.82) is 0 Å². The predicted molar refractivity (Wildman–Crippen MR) is 103 cm³/mol. The van der Waals surface area contributed by atoms with Crippen LogP contribution in [0.4, 0.5) is 0 Å². The summed E-state index contributed by atoms with van der Waals surface area (Å²) in [7, 11) is -2.41. The minimum atomic E-state index is -2.41. The van der Waals surface area contributed by atoms with Crippen molar-refractivity contribution in [3.05, 3.63) is 69.1 Å². The minimum absolute atomic E-state index is 0.0149. The molecule has 1 aromatic heterocycles. The van der Waals surface area contributed by atoms with E-state index in [0.717, 1.165) is 29.2 Å². The van der Waals surface area contributed by atoms with Crippen molar-refractivity contribution >= 4 is 10.7 Å². The zero-order valence-corrected chi connectivity index (χ0v) is 15.9. The molecule has 2 aliphatic carbocycles. The fraction of sp³-hybridized carbons (Fsp3) is 0.476. The van der Waals surface area contributed by atoms with E-state index in [-0.39, 0.29) is 16.7 Å². The van der Waals surface area contributed by atoms with Crippen LogP contribution in [0.15, 0.2) is 41.2 Å². The number of hydrogen-bond donors (Lipinski definition) is 2. The number of rotatable bonds is 5. The smallest absolute Gasteiger partial charge is 0.251 e. The summed E-state index contributed by atoms with van der Waals surface area (Å²) in [6.45, 7) is 1.83. The molecule has 1 heterocycles. The molecular weight excluding hydrogens is 346 g/mol. The van der Waals surface area contributed by atoms with Crippen LogP contribution in [0, 0.1) is 18.8 Å². The molecule has 0 bridgehead atoms. The van der Waals surface area contributed by atoms with Crippen LogP contribution in [-0.4, -0.2) is 13.4 Å². The van der Waals surface area contributed by atoms with E-state index in [1.54, 1.807) is 0 Å². The molecule has 4 rings (SSSR count). The Labute approximate surface area is 155 Å². The topological polar surface area (TPSA) is 67.0 Å². The highest BCUT2D eigenvalue weighted by Gasteiger charge is 2.60. The summed E-state index contributed by atoms with van der Waals surface area (Å²) in [6.07, 6.45) is 6.22. The Hall–Kier alpha value is -1.88. The average molecular weight is 372 g/mol. The summed E-state index contributed by atoms with van der Waals surface area (Å²) in [4.78, 5) is 15.4. The van der Waals surface area contributed by atoms with Gasteiger partial charge in [0.05, 0.1) is 5.75 Å². The van der Waals surface area contributed by atoms with Gasteiger partial charge in [0.2, 0.25) is 0 Å². The molecule has 0 aliphatic heterocycles. The van der Waals surface area contributed by atoms with E-state index < -0.39 is 10.7 Å². The molecule has 138 valence electrons. The lowest BCUT2D eigenvalue weighted by Gasteiger charge is -2.22. The van der Waals surface area contributed by atoms with Crippen LogP contribution >= 0.6 is 0 Å². The zero-order chi connectivity index (χ0) is 18.3. The summed E-state index contributed by atoms with van der Waals surface area (Å²) in [6, 6.07) is 11.9. The number of nitrogens with one attached hydrogen (secondary N) is 1. The molecule has 1 N–H and O–H groups in total. The average Bonchev–Trinajstić information content (AvgIpc) is 3.13. The lowest BCUT2D eigenvalue weighted by molar-refractivity contribution is 0.442. The van der Waals surface area contributed by atoms with Crippen molar-refractivity contribution in [2.75, 3.05) is 0 Å². The first-order valence-electron chi connectivity index (χ1n) is 9.42. The maximum absolute atomic E-state index is 12.2. The van der Waals surface area contributed by atoms with Gasteiger partial charge in [-0.15, -0.1) is 0 Å². The molecule has 4 nitrogen and oxygen atoms in total. The van der Waals surface area contributed by atoms with Gasteiger partial charge in [-0.1, -0.05) is 56.0 Å². The summed E-state index contributed by atoms with van der Waals surface area (Å²) >= 11 is 0. The Balaban J connectivity index is 1.74. The third-order valence-electron chi connectivity index (χ3n) is 6.35. The first-order chi connectivity index (χ1) is 12.5. The molecule has 0 radical (unpaired) electrons. The van der Waals surface area contributed by atoms with E-state index >= 15 is 0 Å². The standard InChI is InChI=1S/C21H25NO3S/c1-14-6-11-19(22-20(14)23)21(12-18(21)16-4-2-3-5-16)17-9-7-15(8-10-17)13-26(24)25/h6-11,16,18,26H,2-5,12-13H2,1H3,(H,22,23). The maximum Gasteiger partial charge on any atom is 0.251 e. The number of aromatic nitrogens is 1. The molecule has 26 heavy (non-hydrogen) atoms. The van der Waals surface area contributed by atoms with Crippen LogP contribution in [0.3, 0.4) is 0 Å². The van der Waals surface area contributed by atoms with Gasteiger partial charge in [-0.3, -0.25) is 4.79 Å². The fourth-order valence-corrected chi connectivity index (χ4v) is 5.39. The van der Waals surface area contributed by atoms with E-state index in [1.165, 1.54) is 31.2 Å². The van der Waals surface area contributed by atoms with Crippen LogP contribution in [0.5, 0.6) is 0 Å². The van der Waals surface area contributed by atoms with Gasteiger partial charge in [0.25, 0.3) is 5.56 Å². The number of pyridine rings is 1. The van der Waals surface area contributed by atoms with Crippen molar-refractivity contribution in [3.8, 4) is 0 Å². The number of hydrogen-bond acceptors (Lipinski definition) is 3. The summed E-state index contributed by atoms with van der Waals surface area (Å²) in [5.41, 5.74) is 3.61. The molecule has 1 aromatic carbocycles. The third kappa shape index (κ3) is 3.02. The van der Waals surface area contributed by atoms with Crippen molar-refractivity contribution < 1.29 is 8.42 Å². The zero-order valence-electron chi connectivity index (χ0n) is 15.0. The summed E-state index contributed by atoms with van der Waals surface area (Å²) < 4.78 is 22.0. The second-order valence-corrected chi connectivity index (χ2v) is 8.88. The Morgan fingerprint density at radius 1 is 1.08 bits per heavy atom. The molecule has 2 saturated carbocycles. The number of thiol groups is 1. The molecule has 2 aliphatic rings. The minimum Gasteiger partial charge on any atom is -0.325 e. The van der Waals surface area contributed by atoms with Crippen molar-refractivity contribution in [1.82, 2.24) is 4.98 Å². The number of H-pyrrole nitrogens is 1. The molecule has 2 aromatic rings. The molecule has 0 spiro atoms. The van der Waals surface area contributed by atoms with E-state index in [0.29, 0.717) is 5.92 Å². The molecule has 0 saturated heterocycles. The van der Waals surface area contributed by atoms with Crippen molar-refractivity contribution in [2.45, 2.75) is 50.2 Å². The normalized spacial score (nSPS) is 25.7. The highest BCUT2D eigenvalue weighted by molar-refractivity contribution is 7.71. The van der Waals surface area contributed by atoms with Gasteiger partial charge in [0.15, 0.2) is 0 Å². The Morgan fingerprint density at radius 3 is 2.38 bits per heavy atom. The first kappa shape index (κ1) is 17.5. The molecule has 5 heteroatoms. The fourth-order valence-electron chi connectivity index (χ4n) is 4.88. The van der Waals surface area contributed by atoms with Gasteiger partial charge in [-0.05, 0) is 42.4 Å². The third-order valence-corrected chi connectivity index (χ3v) is 6.97. The molecule has 2 unspecified atom stereocenters. The number of aryl methyl sites for hydroxylation is 1. The van der Waals surface area contributed by atoms with Gasteiger partial charge < -0.3 is 4.98 Å². The lowest BCUT2D eigenvalue weighted by Crippen LogP contribution is -2.22. The predicted octanol–water partition coefficient (Wildman–Crippen LogP) is 3.29. The molecule has 2 atom stereocenters. The summed E-state index contributed by atoms with van der Waals surface area (Å²) in [5.74, 6) is 1.36. The van der Waals surface area contributed by atoms with Gasteiger partial charge in [-0.25, -0.2) is 8.42 Å². The van der Waals surface area contributed by atoms with Crippen LogP contribution in [0.25, 0.3) is 0 Å². The van der Waals surface area contributed by atoms with Gasteiger partial charge in [0, 0.05) is 16.7 Å². The molecule has 2 fully saturated rings. The quantitative estimate of drug-likeness (QED) is 0.793. The Morgan fingerprint density at radius 2 is 1.77 bits per heavy atom. The Bertz CT molecular complexity index is 930. The van der Waals surface area contributed by atoms with Crippen molar-refractivity contribution in [3.63, 3.8) is 0 Å². The Kier molecular flexibility index (Phi) is 4.51. The van der Waals surface area contributed by atoms with Crippen LogP contribution in [0.1, 0.15) is 54.5 Å². The second kappa shape index (κ2) is 6.69. The molecule has 0 amide bonds. The van der Waals surface area contributed by atoms with Gasteiger partial charge in [-0.2, -0.15) is 0 Å². The van der Waals surface area contributed by atoms with Crippen molar-refractivity contribution in [2.24, 2.45) is 11.8 Å². The highest BCUT2D eigenvalue weighted by atomic mass is 32.2. The number of benzene rings is 1. The SMILES string of the molecule is Cc1ccc(C2(c3ccc(C[SH](=O)=O)cc3)CC2C2CCCC2)[nH]c1=O. The number of aromatic amines is 1. The van der Waals surface area contributed by atoms with Gasteiger partial charge >= 0.3 is 0 Å². The lowest BCUT2D eigenvalue weighted by atomic mass is 9.84. The van der Waals surface area contributed by atoms with E-state index in [4.69, 9.17) is 0 Å². The first-order valence-corrected chi connectivity index (χ1v) is 10.8. The summed E-state index contributed by atoms with van der Waals surface area (Å²) in [5, 5.41) is 0. The van der Waals surface area contributed by atoms with E-state index in [1.807, 2.05) is 25.1 Å². The monoisotopic (exact) mass is 371 g/mol. The molecular formula is C21H25NO3S. The largest absolute Gasteiger partial charge is 0.325 e. The highest BCUT2D eigenvalue weighted by Crippen LogP contribution is 2.63. The van der Waals surface area contributed by atoms with E-state index in [9.17, 15) is 13.2 Å². The van der Waals surface area contributed by atoms with E-state index in [2.05, 4.69) is 23.2 Å². The van der Waals surface area contributed by atoms with Crippen LogP contribution in [-0.2, 0) is 21.9 Å². The maximum atomic E-state index is 12.2. The van der Waals surface area contributed by atoms with Gasteiger partial charge in [0.1, 0.15) is 10.7 Å². The second-order valence-electron chi connectivity index (χ2n) is 7.90.